The number of pyridine rings is 1. The minimum Gasteiger partial charge on any atom is -0.379 e. The number of aromatic nitrogens is 1. The normalized spacial score (nSPS) is 16.3. The molecule has 0 radical (unpaired) electrons. The van der Waals surface area contributed by atoms with Crippen molar-refractivity contribution in [3.05, 3.63) is 34.2 Å². The van der Waals surface area contributed by atoms with Crippen molar-refractivity contribution in [1.82, 2.24) is 9.58 Å². The number of carbonyl (C=O) groups excluding carboxylic acids is 1. The van der Waals surface area contributed by atoms with E-state index in [1.54, 1.807) is 32.3 Å². The predicted molar refractivity (Wildman–Crippen MR) is 71.8 cm³/mol. The highest BCUT2D eigenvalue weighted by atomic mass is 16.5. The predicted octanol–water partition coefficient (Wildman–Crippen LogP) is -0.417. The number of nitrogens with zero attached hydrogens (tertiary/aromatic N) is 3. The Hall–Kier alpha value is -1.66. The molecule has 1 aromatic heterocycles. The van der Waals surface area contributed by atoms with E-state index in [0.717, 1.165) is 13.1 Å². The summed E-state index contributed by atoms with van der Waals surface area (Å²) < 4.78 is 6.58. The molecule has 1 aromatic rings. The van der Waals surface area contributed by atoms with E-state index in [1.807, 2.05) is 4.90 Å². The van der Waals surface area contributed by atoms with Gasteiger partial charge in [-0.2, -0.15) is 0 Å². The van der Waals surface area contributed by atoms with Gasteiger partial charge < -0.3 is 4.74 Å². The summed E-state index contributed by atoms with van der Waals surface area (Å²) in [6, 6.07) is 3.49. The molecule has 0 spiro atoms. The van der Waals surface area contributed by atoms with Gasteiger partial charge >= 0.3 is 0 Å². The number of hydrogen-bond donors (Lipinski definition) is 0. The van der Waals surface area contributed by atoms with Crippen LogP contribution in [0.25, 0.3) is 0 Å². The van der Waals surface area contributed by atoms with Gasteiger partial charge in [0.05, 0.1) is 19.8 Å². The van der Waals surface area contributed by atoms with Crippen LogP contribution in [0.2, 0.25) is 0 Å². The van der Waals surface area contributed by atoms with Crippen LogP contribution < -0.4 is 10.6 Å². The Morgan fingerprint density at radius 1 is 1.42 bits per heavy atom. The standard InChI is InChI=1S/C13H19N3O3/c1-11-4-3-5-16(13(11)18)14(2)12(17)10-15-6-8-19-9-7-15/h3-5H,6-10H2,1-2H3. The minimum atomic E-state index is -0.166. The van der Waals surface area contributed by atoms with E-state index in [9.17, 15) is 9.59 Å². The summed E-state index contributed by atoms with van der Waals surface area (Å²) in [6.07, 6.45) is 1.60. The summed E-state index contributed by atoms with van der Waals surface area (Å²) >= 11 is 0. The van der Waals surface area contributed by atoms with Crippen molar-refractivity contribution in [2.75, 3.05) is 44.9 Å². The van der Waals surface area contributed by atoms with Crippen LogP contribution in [0.5, 0.6) is 0 Å². The molecule has 2 heterocycles. The second kappa shape index (κ2) is 5.99. The first-order valence-corrected chi connectivity index (χ1v) is 6.35. The van der Waals surface area contributed by atoms with Crippen molar-refractivity contribution in [2.45, 2.75) is 6.92 Å². The van der Waals surface area contributed by atoms with Gasteiger partial charge in [0.2, 0.25) is 0 Å². The number of aryl methyl sites for hydroxylation is 1. The van der Waals surface area contributed by atoms with Gasteiger partial charge in [0.1, 0.15) is 0 Å². The molecule has 0 saturated carbocycles. The summed E-state index contributed by atoms with van der Waals surface area (Å²) in [5, 5.41) is 1.37. The van der Waals surface area contributed by atoms with Crippen molar-refractivity contribution in [3.63, 3.8) is 0 Å². The van der Waals surface area contributed by atoms with Gasteiger partial charge in [0.15, 0.2) is 0 Å². The lowest BCUT2D eigenvalue weighted by molar-refractivity contribution is -0.122. The Balaban J connectivity index is 2.06. The third kappa shape index (κ3) is 3.21. The van der Waals surface area contributed by atoms with Gasteiger partial charge in [-0.15, -0.1) is 0 Å². The van der Waals surface area contributed by atoms with Crippen molar-refractivity contribution in [3.8, 4) is 0 Å². The topological polar surface area (TPSA) is 54.8 Å². The minimum absolute atomic E-state index is 0.102. The largest absolute Gasteiger partial charge is 0.379 e. The number of carbonyl (C=O) groups is 1. The molecule has 1 fully saturated rings. The van der Waals surface area contributed by atoms with Crippen LogP contribution in [0.15, 0.2) is 23.1 Å². The number of ether oxygens (including phenoxy) is 1. The van der Waals surface area contributed by atoms with E-state index >= 15 is 0 Å². The lowest BCUT2D eigenvalue weighted by Gasteiger charge is -2.28. The molecule has 2 rings (SSSR count). The third-order valence-corrected chi connectivity index (χ3v) is 3.27. The number of morpholine rings is 1. The smallest absolute Gasteiger partial charge is 0.272 e. The van der Waals surface area contributed by atoms with Crippen LogP contribution in [0.4, 0.5) is 0 Å². The molecule has 0 N–H and O–H groups in total. The number of rotatable bonds is 3. The molecule has 0 unspecified atom stereocenters. The molecule has 0 aliphatic carbocycles. The fourth-order valence-corrected chi connectivity index (χ4v) is 2.00. The second-order valence-electron chi connectivity index (χ2n) is 4.65. The van der Waals surface area contributed by atoms with Gasteiger partial charge in [-0.25, -0.2) is 9.69 Å². The summed E-state index contributed by atoms with van der Waals surface area (Å²) in [6.45, 7) is 4.85. The molecule has 104 valence electrons. The molecule has 19 heavy (non-hydrogen) atoms. The zero-order chi connectivity index (χ0) is 13.8. The van der Waals surface area contributed by atoms with Gasteiger partial charge in [0, 0.05) is 31.9 Å². The van der Waals surface area contributed by atoms with Crippen LogP contribution in [-0.2, 0) is 9.53 Å². The lowest BCUT2D eigenvalue weighted by Crippen LogP contribution is -2.49. The van der Waals surface area contributed by atoms with E-state index in [2.05, 4.69) is 0 Å². The fraction of sp³-hybridized carbons (Fsp3) is 0.538. The average Bonchev–Trinajstić information content (AvgIpc) is 2.42. The van der Waals surface area contributed by atoms with Gasteiger partial charge in [0.25, 0.3) is 11.5 Å². The van der Waals surface area contributed by atoms with Gasteiger partial charge in [-0.3, -0.25) is 14.5 Å². The van der Waals surface area contributed by atoms with Crippen LogP contribution in [-0.4, -0.2) is 55.4 Å². The van der Waals surface area contributed by atoms with Crippen molar-refractivity contribution in [1.29, 1.82) is 0 Å². The molecule has 1 aliphatic rings. The number of likely N-dealkylation sites (N-methyl/N-ethyl adjacent to an activating group) is 1. The first kappa shape index (κ1) is 13.8. The Morgan fingerprint density at radius 3 is 2.79 bits per heavy atom. The lowest BCUT2D eigenvalue weighted by atomic mass is 10.3. The second-order valence-corrected chi connectivity index (χ2v) is 4.65. The molecule has 0 bridgehead atoms. The van der Waals surface area contributed by atoms with Crippen molar-refractivity contribution in [2.24, 2.45) is 0 Å². The van der Waals surface area contributed by atoms with E-state index in [0.29, 0.717) is 25.3 Å². The molecule has 1 aliphatic heterocycles. The SMILES string of the molecule is Cc1cccn(N(C)C(=O)CN2CCOCC2)c1=O. The zero-order valence-corrected chi connectivity index (χ0v) is 11.3. The molecule has 6 heteroatoms. The molecule has 0 aromatic carbocycles. The molecular weight excluding hydrogens is 246 g/mol. The van der Waals surface area contributed by atoms with Gasteiger partial charge in [-0.1, -0.05) is 6.07 Å². The van der Waals surface area contributed by atoms with E-state index in [-0.39, 0.29) is 11.5 Å². The molecule has 0 atom stereocenters. The summed E-state index contributed by atoms with van der Waals surface area (Å²) in [4.78, 5) is 26.1. The van der Waals surface area contributed by atoms with Crippen LogP contribution >= 0.6 is 0 Å². The Morgan fingerprint density at radius 2 is 2.11 bits per heavy atom. The molecular formula is C13H19N3O3. The molecule has 1 amide bonds. The van der Waals surface area contributed by atoms with Crippen LogP contribution in [0, 0.1) is 6.92 Å². The van der Waals surface area contributed by atoms with E-state index in [4.69, 9.17) is 4.74 Å². The first-order chi connectivity index (χ1) is 9.09. The monoisotopic (exact) mass is 265 g/mol. The number of amides is 1. The maximum Gasteiger partial charge on any atom is 0.272 e. The highest BCUT2D eigenvalue weighted by Gasteiger charge is 2.18. The maximum atomic E-state index is 12.2. The summed E-state index contributed by atoms with van der Waals surface area (Å²) in [5.74, 6) is -0.102. The first-order valence-electron chi connectivity index (χ1n) is 6.35. The highest BCUT2D eigenvalue weighted by molar-refractivity contribution is 5.87. The number of hydrogen-bond acceptors (Lipinski definition) is 4. The Bertz CT molecular complexity index is 506. The quantitative estimate of drug-likeness (QED) is 0.745. The van der Waals surface area contributed by atoms with Crippen LogP contribution in [0.1, 0.15) is 5.56 Å². The van der Waals surface area contributed by atoms with E-state index < -0.39 is 0 Å². The Kier molecular flexibility index (Phi) is 4.34. The van der Waals surface area contributed by atoms with Crippen molar-refractivity contribution < 1.29 is 9.53 Å². The third-order valence-electron chi connectivity index (χ3n) is 3.27. The Labute approximate surface area is 112 Å². The summed E-state index contributed by atoms with van der Waals surface area (Å²) in [7, 11) is 1.61. The average molecular weight is 265 g/mol. The molecule has 1 saturated heterocycles. The maximum absolute atomic E-state index is 12.2. The zero-order valence-electron chi connectivity index (χ0n) is 11.3. The van der Waals surface area contributed by atoms with E-state index in [1.165, 1.54) is 9.69 Å². The molecule has 6 nitrogen and oxygen atoms in total. The fourth-order valence-electron chi connectivity index (χ4n) is 2.00. The van der Waals surface area contributed by atoms with Gasteiger partial charge in [-0.05, 0) is 13.0 Å². The van der Waals surface area contributed by atoms with Crippen LogP contribution in [0.3, 0.4) is 0 Å². The van der Waals surface area contributed by atoms with Crippen molar-refractivity contribution >= 4 is 5.91 Å². The summed E-state index contributed by atoms with van der Waals surface area (Å²) in [5.41, 5.74) is 0.453. The highest BCUT2D eigenvalue weighted by Crippen LogP contribution is 1.98.